The van der Waals surface area contributed by atoms with E-state index in [1.54, 1.807) is 0 Å². The van der Waals surface area contributed by atoms with Crippen LogP contribution in [0.15, 0.2) is 12.7 Å². The molecule has 2 heteroatoms. The average molecular weight is 208 g/mol. The lowest BCUT2D eigenvalue weighted by Gasteiger charge is -2.36. The molecule has 0 aromatic carbocycles. The van der Waals surface area contributed by atoms with Crippen LogP contribution in [0.2, 0.25) is 0 Å². The summed E-state index contributed by atoms with van der Waals surface area (Å²) in [4.78, 5) is 0. The van der Waals surface area contributed by atoms with Crippen molar-refractivity contribution in [2.75, 3.05) is 13.1 Å². The van der Waals surface area contributed by atoms with Crippen LogP contribution in [0.3, 0.4) is 0 Å². The fourth-order valence-corrected chi connectivity index (χ4v) is 3.11. The Hall–Kier alpha value is -0.340. The van der Waals surface area contributed by atoms with Crippen LogP contribution >= 0.6 is 0 Å². The van der Waals surface area contributed by atoms with E-state index in [9.17, 15) is 0 Å². The highest BCUT2D eigenvalue weighted by molar-refractivity contribution is 4.89. The molecule has 4 unspecified atom stereocenters. The topological polar surface area (TPSA) is 24.1 Å². The van der Waals surface area contributed by atoms with Crippen LogP contribution in [0.25, 0.3) is 0 Å². The fraction of sp³-hybridized carbons (Fsp3) is 0.846. The third-order valence-electron chi connectivity index (χ3n) is 3.94. The summed E-state index contributed by atoms with van der Waals surface area (Å²) >= 11 is 0. The van der Waals surface area contributed by atoms with Gasteiger partial charge < -0.3 is 10.6 Å². The van der Waals surface area contributed by atoms with Gasteiger partial charge in [-0.3, -0.25) is 0 Å². The number of rotatable bonds is 2. The highest BCUT2D eigenvalue weighted by Crippen LogP contribution is 2.30. The zero-order valence-electron chi connectivity index (χ0n) is 9.84. The number of nitrogens with one attached hydrogen (secondary N) is 2. The molecule has 4 atom stereocenters. The Labute approximate surface area is 93.5 Å². The second-order valence-electron chi connectivity index (χ2n) is 5.36. The van der Waals surface area contributed by atoms with Gasteiger partial charge in [0.2, 0.25) is 0 Å². The monoisotopic (exact) mass is 208 g/mol. The van der Waals surface area contributed by atoms with E-state index < -0.39 is 0 Å². The van der Waals surface area contributed by atoms with Gasteiger partial charge in [-0.2, -0.15) is 0 Å². The zero-order valence-corrected chi connectivity index (χ0v) is 9.84. The molecule has 2 aliphatic rings. The highest BCUT2D eigenvalue weighted by atomic mass is 15.1. The number of fused-ring (bicyclic) bond motifs is 1. The summed E-state index contributed by atoms with van der Waals surface area (Å²) in [6.07, 6.45) is 7.92. The van der Waals surface area contributed by atoms with E-state index in [1.807, 2.05) is 0 Å². The van der Waals surface area contributed by atoms with Crippen LogP contribution < -0.4 is 10.6 Å². The molecule has 2 fully saturated rings. The molecule has 0 radical (unpaired) electrons. The maximum atomic E-state index is 3.85. The number of allylic oxidation sites excluding steroid dienone is 1. The van der Waals surface area contributed by atoms with Crippen LogP contribution in [-0.4, -0.2) is 19.3 Å². The first kappa shape index (κ1) is 11.2. The van der Waals surface area contributed by atoms with Gasteiger partial charge in [0.1, 0.15) is 0 Å². The molecule has 86 valence electrons. The van der Waals surface area contributed by atoms with E-state index in [2.05, 4.69) is 30.2 Å². The van der Waals surface area contributed by atoms with Gasteiger partial charge in [0.05, 0.1) is 6.17 Å². The lowest BCUT2D eigenvalue weighted by Crippen LogP contribution is -2.52. The first-order chi connectivity index (χ1) is 7.29. The lowest BCUT2D eigenvalue weighted by molar-refractivity contribution is 0.183. The van der Waals surface area contributed by atoms with Gasteiger partial charge in [0.25, 0.3) is 0 Å². The van der Waals surface area contributed by atoms with Crippen LogP contribution in [0.1, 0.15) is 32.6 Å². The van der Waals surface area contributed by atoms with Crippen molar-refractivity contribution in [2.24, 2.45) is 17.8 Å². The minimum Gasteiger partial charge on any atom is -0.302 e. The maximum absolute atomic E-state index is 3.85. The smallest absolute Gasteiger partial charge is 0.0601 e. The van der Waals surface area contributed by atoms with Crippen LogP contribution in [0.4, 0.5) is 0 Å². The predicted octanol–water partition coefficient (Wildman–Crippen LogP) is 2.13. The Morgan fingerprint density at radius 1 is 1.33 bits per heavy atom. The fourth-order valence-electron chi connectivity index (χ4n) is 3.11. The van der Waals surface area contributed by atoms with Crippen molar-refractivity contribution in [2.45, 2.75) is 38.8 Å². The first-order valence-corrected chi connectivity index (χ1v) is 6.37. The molecular weight excluding hydrogens is 184 g/mol. The van der Waals surface area contributed by atoms with Crippen molar-refractivity contribution >= 4 is 0 Å². The van der Waals surface area contributed by atoms with Crippen molar-refractivity contribution < 1.29 is 0 Å². The highest BCUT2D eigenvalue weighted by Gasteiger charge is 2.31. The number of hydrogen-bond donors (Lipinski definition) is 2. The molecule has 0 bridgehead atoms. The average Bonchev–Trinajstić information content (AvgIpc) is 2.38. The van der Waals surface area contributed by atoms with Crippen LogP contribution in [-0.2, 0) is 0 Å². The Morgan fingerprint density at radius 2 is 2.20 bits per heavy atom. The van der Waals surface area contributed by atoms with Crippen molar-refractivity contribution in [3.8, 4) is 0 Å². The Kier molecular flexibility index (Phi) is 3.81. The molecule has 2 saturated heterocycles. The Balaban J connectivity index is 1.93. The lowest BCUT2D eigenvalue weighted by atomic mass is 9.81. The van der Waals surface area contributed by atoms with E-state index >= 15 is 0 Å². The molecule has 0 spiro atoms. The molecule has 0 aliphatic carbocycles. The molecule has 2 heterocycles. The minimum absolute atomic E-state index is 0.580. The summed E-state index contributed by atoms with van der Waals surface area (Å²) in [5.74, 6) is 2.54. The van der Waals surface area contributed by atoms with E-state index in [4.69, 9.17) is 0 Å². The minimum atomic E-state index is 0.580. The number of piperidine rings is 1. The van der Waals surface area contributed by atoms with Crippen LogP contribution in [0.5, 0.6) is 0 Å². The van der Waals surface area contributed by atoms with Gasteiger partial charge in [-0.15, -0.1) is 6.58 Å². The first-order valence-electron chi connectivity index (χ1n) is 6.37. The van der Waals surface area contributed by atoms with E-state index in [1.165, 1.54) is 32.2 Å². The molecular formula is C13H24N2. The molecule has 2 N–H and O–H groups in total. The van der Waals surface area contributed by atoms with Crippen molar-refractivity contribution in [3.63, 3.8) is 0 Å². The quantitative estimate of drug-likeness (QED) is 0.679. The van der Waals surface area contributed by atoms with Gasteiger partial charge in [-0.05, 0) is 56.5 Å². The molecule has 0 aromatic heterocycles. The predicted molar refractivity (Wildman–Crippen MR) is 64.6 cm³/mol. The SMILES string of the molecule is C=CCC1CNC2NCCC(C)CC2C1. The maximum Gasteiger partial charge on any atom is 0.0601 e. The summed E-state index contributed by atoms with van der Waals surface area (Å²) in [6, 6.07) is 0. The summed E-state index contributed by atoms with van der Waals surface area (Å²) in [6.45, 7) is 8.58. The third-order valence-corrected chi connectivity index (χ3v) is 3.94. The molecule has 0 aromatic rings. The molecule has 0 saturated carbocycles. The summed E-state index contributed by atoms with van der Waals surface area (Å²) in [7, 11) is 0. The second-order valence-corrected chi connectivity index (χ2v) is 5.36. The van der Waals surface area contributed by atoms with Crippen molar-refractivity contribution in [3.05, 3.63) is 12.7 Å². The molecule has 15 heavy (non-hydrogen) atoms. The molecule has 0 amide bonds. The third kappa shape index (κ3) is 2.82. The van der Waals surface area contributed by atoms with Gasteiger partial charge in [-0.1, -0.05) is 13.0 Å². The van der Waals surface area contributed by atoms with Gasteiger partial charge in [0.15, 0.2) is 0 Å². The normalized spacial score (nSPS) is 41.7. The molecule has 2 aliphatic heterocycles. The second kappa shape index (κ2) is 5.13. The van der Waals surface area contributed by atoms with Gasteiger partial charge in [0, 0.05) is 0 Å². The molecule has 2 rings (SSSR count). The Bertz CT molecular complexity index is 215. The van der Waals surface area contributed by atoms with Gasteiger partial charge in [-0.25, -0.2) is 0 Å². The standard InChI is InChI=1S/C13H24N2/c1-3-4-11-8-12-7-10(2)5-6-14-13(12)15-9-11/h3,10-15H,1,4-9H2,2H3. The summed E-state index contributed by atoms with van der Waals surface area (Å²) in [5.41, 5.74) is 0. The summed E-state index contributed by atoms with van der Waals surface area (Å²) < 4.78 is 0. The molecule has 2 nitrogen and oxygen atoms in total. The Morgan fingerprint density at radius 3 is 3.00 bits per heavy atom. The van der Waals surface area contributed by atoms with E-state index in [-0.39, 0.29) is 0 Å². The van der Waals surface area contributed by atoms with E-state index in [0.717, 1.165) is 24.3 Å². The van der Waals surface area contributed by atoms with Crippen molar-refractivity contribution in [1.82, 2.24) is 10.6 Å². The number of hydrogen-bond acceptors (Lipinski definition) is 2. The zero-order chi connectivity index (χ0) is 10.7. The summed E-state index contributed by atoms with van der Waals surface area (Å²) in [5, 5.41) is 7.30. The largest absolute Gasteiger partial charge is 0.302 e. The van der Waals surface area contributed by atoms with Gasteiger partial charge >= 0.3 is 0 Å². The van der Waals surface area contributed by atoms with Crippen LogP contribution in [0, 0.1) is 17.8 Å². The van der Waals surface area contributed by atoms with Crippen molar-refractivity contribution in [1.29, 1.82) is 0 Å². The van der Waals surface area contributed by atoms with E-state index in [0.29, 0.717) is 6.17 Å².